The molecule has 2 aromatic heterocycles. The summed E-state index contributed by atoms with van der Waals surface area (Å²) in [5.74, 6) is 1.40. The van der Waals surface area contributed by atoms with E-state index in [-0.39, 0.29) is 0 Å². The molecule has 2 heterocycles. The number of halogens is 1. The van der Waals surface area contributed by atoms with Crippen LogP contribution in [0.25, 0.3) is 0 Å². The second kappa shape index (κ2) is 5.32. The van der Waals surface area contributed by atoms with E-state index in [0.29, 0.717) is 5.82 Å². The largest absolute Gasteiger partial charge is 0.384 e. The lowest BCUT2D eigenvalue weighted by atomic mass is 10.3. The summed E-state index contributed by atoms with van der Waals surface area (Å²) >= 11 is 5.03. The molecule has 3 nitrogen and oxygen atoms in total. The Morgan fingerprint density at radius 1 is 1.12 bits per heavy atom. The molecule has 0 saturated heterocycles. The molecule has 0 saturated carbocycles. The second-order valence-corrected chi connectivity index (χ2v) is 5.11. The first-order chi connectivity index (χ1) is 7.74. The molecule has 0 fully saturated rings. The number of hydrogen-bond acceptors (Lipinski definition) is 4. The first kappa shape index (κ1) is 11.4. The number of thioether (sulfide) groups is 1. The van der Waals surface area contributed by atoms with Crippen LogP contribution in [0.1, 0.15) is 5.56 Å². The van der Waals surface area contributed by atoms with Gasteiger partial charge < -0.3 is 5.73 Å². The average molecular weight is 296 g/mol. The summed E-state index contributed by atoms with van der Waals surface area (Å²) in [5, 5.41) is 1.00. The van der Waals surface area contributed by atoms with E-state index < -0.39 is 0 Å². The molecule has 0 aliphatic carbocycles. The number of anilines is 1. The van der Waals surface area contributed by atoms with Gasteiger partial charge in [-0.25, -0.2) is 9.97 Å². The smallest absolute Gasteiger partial charge is 0.123 e. The summed E-state index contributed by atoms with van der Waals surface area (Å²) in [4.78, 5) is 8.32. The Kier molecular flexibility index (Phi) is 3.79. The van der Waals surface area contributed by atoms with Crippen molar-refractivity contribution in [2.24, 2.45) is 0 Å². The van der Waals surface area contributed by atoms with Crippen LogP contribution < -0.4 is 5.73 Å². The van der Waals surface area contributed by atoms with Crippen molar-refractivity contribution < 1.29 is 0 Å². The number of aromatic nitrogens is 2. The molecule has 0 amide bonds. The maximum absolute atomic E-state index is 5.52. The zero-order chi connectivity index (χ0) is 11.4. The predicted molar refractivity (Wildman–Crippen MR) is 70.1 cm³/mol. The van der Waals surface area contributed by atoms with Crippen LogP contribution in [0, 0.1) is 0 Å². The Bertz CT molecular complexity index is 410. The number of rotatable bonds is 3. The lowest BCUT2D eigenvalue weighted by molar-refractivity contribution is 1.12. The van der Waals surface area contributed by atoms with Gasteiger partial charge in [-0.1, -0.05) is 6.07 Å². The monoisotopic (exact) mass is 295 g/mol. The molecule has 2 aromatic rings. The highest BCUT2D eigenvalue weighted by molar-refractivity contribution is 9.10. The fourth-order valence-electron chi connectivity index (χ4n) is 1.13. The number of nitrogens with zero attached hydrogens (tertiary/aromatic N) is 2. The molecular formula is C11H10BrN3S. The van der Waals surface area contributed by atoms with Crippen LogP contribution in [0.5, 0.6) is 0 Å². The van der Waals surface area contributed by atoms with Gasteiger partial charge in [0.2, 0.25) is 0 Å². The minimum Gasteiger partial charge on any atom is -0.384 e. The molecule has 16 heavy (non-hydrogen) atoms. The summed E-state index contributed by atoms with van der Waals surface area (Å²) in [6.07, 6.45) is 3.59. The van der Waals surface area contributed by atoms with Gasteiger partial charge in [0.05, 0.1) is 5.03 Å². The van der Waals surface area contributed by atoms with Gasteiger partial charge in [-0.3, -0.25) is 0 Å². The van der Waals surface area contributed by atoms with Gasteiger partial charge in [-0.2, -0.15) is 0 Å². The quantitative estimate of drug-likeness (QED) is 0.884. The van der Waals surface area contributed by atoms with E-state index in [1.807, 2.05) is 24.3 Å². The third kappa shape index (κ3) is 3.21. The first-order valence-corrected chi connectivity index (χ1v) is 6.46. The summed E-state index contributed by atoms with van der Waals surface area (Å²) in [5.41, 5.74) is 6.66. The average Bonchev–Trinajstić information content (AvgIpc) is 2.30. The van der Waals surface area contributed by atoms with Crippen LogP contribution in [0.4, 0.5) is 5.82 Å². The van der Waals surface area contributed by atoms with Gasteiger partial charge in [0.25, 0.3) is 0 Å². The fourth-order valence-corrected chi connectivity index (χ4v) is 2.14. The highest BCUT2D eigenvalue weighted by Gasteiger charge is 1.98. The van der Waals surface area contributed by atoms with Gasteiger partial charge in [0.1, 0.15) is 5.82 Å². The number of hydrogen-bond donors (Lipinski definition) is 1. The molecule has 5 heteroatoms. The molecule has 2 rings (SSSR count). The standard InChI is InChI=1S/C11H10BrN3S/c12-9-2-4-11(15-6-9)16-7-8-1-3-10(13)14-5-8/h1-6H,7H2,(H2,13,14). The maximum atomic E-state index is 5.52. The van der Waals surface area contributed by atoms with Crippen molar-refractivity contribution in [2.45, 2.75) is 10.8 Å². The molecular weight excluding hydrogens is 286 g/mol. The second-order valence-electron chi connectivity index (χ2n) is 3.19. The van der Waals surface area contributed by atoms with Gasteiger partial charge in [0, 0.05) is 22.6 Å². The summed E-state index contributed by atoms with van der Waals surface area (Å²) < 4.78 is 0.992. The highest BCUT2D eigenvalue weighted by Crippen LogP contribution is 2.21. The van der Waals surface area contributed by atoms with Crippen molar-refractivity contribution in [3.8, 4) is 0 Å². The van der Waals surface area contributed by atoms with E-state index in [4.69, 9.17) is 5.73 Å². The topological polar surface area (TPSA) is 51.8 Å². The van der Waals surface area contributed by atoms with Crippen LogP contribution in [0.3, 0.4) is 0 Å². The van der Waals surface area contributed by atoms with Crippen molar-refractivity contribution in [2.75, 3.05) is 5.73 Å². The number of pyridine rings is 2. The van der Waals surface area contributed by atoms with Crippen LogP contribution in [0.15, 0.2) is 46.2 Å². The van der Waals surface area contributed by atoms with Crippen LogP contribution in [-0.4, -0.2) is 9.97 Å². The Labute approximate surface area is 107 Å². The minimum atomic E-state index is 0.551. The Morgan fingerprint density at radius 3 is 2.62 bits per heavy atom. The highest BCUT2D eigenvalue weighted by atomic mass is 79.9. The first-order valence-electron chi connectivity index (χ1n) is 4.69. The van der Waals surface area contributed by atoms with Gasteiger partial charge in [-0.15, -0.1) is 11.8 Å². The van der Waals surface area contributed by atoms with Crippen molar-refractivity contribution in [1.29, 1.82) is 0 Å². The normalized spacial score (nSPS) is 10.3. The van der Waals surface area contributed by atoms with E-state index >= 15 is 0 Å². The van der Waals surface area contributed by atoms with Crippen molar-refractivity contribution >= 4 is 33.5 Å². The predicted octanol–water partition coefficient (Wildman–Crippen LogP) is 3.11. The molecule has 0 spiro atoms. The van der Waals surface area contributed by atoms with E-state index in [2.05, 4.69) is 25.9 Å². The van der Waals surface area contributed by atoms with E-state index in [1.165, 1.54) is 0 Å². The SMILES string of the molecule is Nc1ccc(CSc2ccc(Br)cn2)cn1. The zero-order valence-corrected chi connectivity index (χ0v) is 10.8. The van der Waals surface area contributed by atoms with Gasteiger partial charge in [0.15, 0.2) is 0 Å². The maximum Gasteiger partial charge on any atom is 0.123 e. The number of nitrogens with two attached hydrogens (primary N) is 1. The van der Waals surface area contributed by atoms with Crippen molar-refractivity contribution in [1.82, 2.24) is 9.97 Å². The third-order valence-corrected chi connectivity index (χ3v) is 3.42. The lowest BCUT2D eigenvalue weighted by Gasteiger charge is -2.01. The molecule has 82 valence electrons. The summed E-state index contributed by atoms with van der Waals surface area (Å²) in [6, 6.07) is 7.76. The van der Waals surface area contributed by atoms with E-state index in [9.17, 15) is 0 Å². The molecule has 0 aromatic carbocycles. The Morgan fingerprint density at radius 2 is 2.00 bits per heavy atom. The van der Waals surface area contributed by atoms with Crippen molar-refractivity contribution in [3.05, 3.63) is 46.7 Å². The Hall–Kier alpha value is -1.07. The van der Waals surface area contributed by atoms with E-state index in [1.54, 1.807) is 24.2 Å². The summed E-state index contributed by atoms with van der Waals surface area (Å²) in [7, 11) is 0. The molecule has 0 aliphatic rings. The summed E-state index contributed by atoms with van der Waals surface area (Å²) in [6.45, 7) is 0. The molecule has 0 unspecified atom stereocenters. The van der Waals surface area contributed by atoms with Crippen LogP contribution >= 0.6 is 27.7 Å². The van der Waals surface area contributed by atoms with Crippen LogP contribution in [0.2, 0.25) is 0 Å². The van der Waals surface area contributed by atoms with E-state index in [0.717, 1.165) is 20.8 Å². The minimum absolute atomic E-state index is 0.551. The fraction of sp³-hybridized carbons (Fsp3) is 0.0909. The van der Waals surface area contributed by atoms with Gasteiger partial charge in [-0.05, 0) is 39.7 Å². The Balaban J connectivity index is 1.97. The van der Waals surface area contributed by atoms with Crippen molar-refractivity contribution in [3.63, 3.8) is 0 Å². The molecule has 0 atom stereocenters. The van der Waals surface area contributed by atoms with Gasteiger partial charge >= 0.3 is 0 Å². The number of nitrogen functional groups attached to an aromatic ring is 1. The van der Waals surface area contributed by atoms with Crippen LogP contribution in [-0.2, 0) is 5.75 Å². The molecule has 2 N–H and O–H groups in total. The molecule has 0 aliphatic heterocycles. The molecule has 0 bridgehead atoms. The zero-order valence-electron chi connectivity index (χ0n) is 8.43. The third-order valence-electron chi connectivity index (χ3n) is 1.93. The lowest BCUT2D eigenvalue weighted by Crippen LogP contribution is -1.90. The molecule has 0 radical (unpaired) electrons.